The lowest BCUT2D eigenvalue weighted by molar-refractivity contribution is 0.0675. The third-order valence-electron chi connectivity index (χ3n) is 12.7. The van der Waals surface area contributed by atoms with Crippen LogP contribution < -0.4 is 14.4 Å². The lowest BCUT2D eigenvalue weighted by atomic mass is 9.69. The summed E-state index contributed by atoms with van der Waals surface area (Å²) in [4.78, 5) is 2.37. The van der Waals surface area contributed by atoms with Crippen molar-refractivity contribution < 1.29 is 9.47 Å². The third-order valence-corrected chi connectivity index (χ3v) is 12.7. The monoisotopic (exact) mass is 745 g/mol. The fraction of sp³-hybridized carbons (Fsp3) is 0.0909. The van der Waals surface area contributed by atoms with Crippen LogP contribution in [-0.4, -0.2) is 12.2 Å². The first kappa shape index (κ1) is 33.1. The zero-order valence-corrected chi connectivity index (χ0v) is 31.9. The number of allylic oxidation sites excluding steroid dienone is 6. The summed E-state index contributed by atoms with van der Waals surface area (Å²) >= 11 is 0. The molecule has 5 aliphatic rings. The molecule has 58 heavy (non-hydrogen) atoms. The van der Waals surface area contributed by atoms with Gasteiger partial charge in [-0.1, -0.05) is 158 Å². The Morgan fingerprint density at radius 3 is 1.97 bits per heavy atom. The summed E-state index contributed by atoms with van der Waals surface area (Å²) < 4.78 is 14.4. The molecule has 1 spiro atoms. The van der Waals surface area contributed by atoms with Gasteiger partial charge < -0.3 is 14.4 Å². The van der Waals surface area contributed by atoms with Crippen LogP contribution in [0.5, 0.6) is 11.5 Å². The molecule has 1 heterocycles. The van der Waals surface area contributed by atoms with Crippen LogP contribution >= 0.6 is 0 Å². The van der Waals surface area contributed by atoms with Crippen molar-refractivity contribution in [3.63, 3.8) is 0 Å². The van der Waals surface area contributed by atoms with E-state index in [0.717, 1.165) is 52.5 Å². The van der Waals surface area contributed by atoms with Gasteiger partial charge in [0.25, 0.3) is 0 Å². The van der Waals surface area contributed by atoms with E-state index in [9.17, 15) is 0 Å². The number of anilines is 2. The van der Waals surface area contributed by atoms with Crippen molar-refractivity contribution in [2.75, 3.05) is 4.90 Å². The van der Waals surface area contributed by atoms with Crippen LogP contribution in [0.25, 0.3) is 39.0 Å². The number of nitrogens with zero attached hydrogens (tertiary/aromatic N) is 1. The minimum absolute atomic E-state index is 0.325. The number of ether oxygens (including phenoxy) is 2. The standard InChI is InChI=1S/C55H39NO2/c1-3-16-36(17-4-1)37-30-32-39(33-31-37)56(49-27-14-10-20-40(49)38-18-5-2-6-19-38)50-28-15-29-51-54(50)58-53-35-48-44(34-52(53)57-51)43-23-9-13-26-47(43)55(48)45-24-11-7-21-41(45)42-22-8-12-25-46(42)55/h1-7,9-21,23-35,51,54H,8,22H2/t51-,54?,55?/m0/s1. The van der Waals surface area contributed by atoms with E-state index in [0.29, 0.717) is 0 Å². The molecule has 3 atom stereocenters. The molecule has 276 valence electrons. The van der Waals surface area contributed by atoms with Gasteiger partial charge in [-0.3, -0.25) is 0 Å². The Bertz CT molecular complexity index is 2900. The predicted octanol–water partition coefficient (Wildman–Crippen LogP) is 13.3. The quantitative estimate of drug-likeness (QED) is 0.175. The average molecular weight is 746 g/mol. The fourth-order valence-electron chi connectivity index (χ4n) is 10.3. The number of benzene rings is 7. The van der Waals surface area contributed by atoms with Gasteiger partial charge in [-0.25, -0.2) is 0 Å². The van der Waals surface area contributed by atoms with Crippen molar-refractivity contribution >= 4 is 16.9 Å². The lowest BCUT2D eigenvalue weighted by Gasteiger charge is -2.41. The van der Waals surface area contributed by atoms with Gasteiger partial charge in [0.05, 0.1) is 16.8 Å². The van der Waals surface area contributed by atoms with Crippen molar-refractivity contribution in [3.8, 4) is 44.9 Å². The summed E-state index contributed by atoms with van der Waals surface area (Å²) in [5.41, 5.74) is 18.0. The topological polar surface area (TPSA) is 21.7 Å². The second kappa shape index (κ2) is 13.0. The van der Waals surface area contributed by atoms with Crippen molar-refractivity contribution in [1.29, 1.82) is 0 Å². The Labute approximate surface area is 339 Å². The SMILES string of the molecule is C1=C[C@@H]2Oc3cc4c(cc3OC2C(N(c2ccc(-c3ccccc3)cc2)c2ccccc2-c2ccccc2)=C1)C1(C2=C(CCC=C2)c2ccccc21)c1ccccc1-4. The maximum Gasteiger partial charge on any atom is 0.179 e. The second-order valence-electron chi connectivity index (χ2n) is 15.7. The molecule has 3 nitrogen and oxygen atoms in total. The number of fused-ring (bicyclic) bond motifs is 11. The molecule has 7 aromatic carbocycles. The average Bonchev–Trinajstić information content (AvgIpc) is 3.75. The van der Waals surface area contributed by atoms with Crippen LogP contribution in [0, 0.1) is 0 Å². The molecule has 0 radical (unpaired) electrons. The highest BCUT2D eigenvalue weighted by molar-refractivity contribution is 5.97. The molecule has 0 saturated heterocycles. The lowest BCUT2D eigenvalue weighted by Crippen LogP contribution is -2.45. The first-order valence-electron chi connectivity index (χ1n) is 20.4. The maximum absolute atomic E-state index is 7.34. The summed E-state index contributed by atoms with van der Waals surface area (Å²) in [5, 5.41) is 0. The molecular weight excluding hydrogens is 707 g/mol. The van der Waals surface area contributed by atoms with Crippen LogP contribution in [-0.2, 0) is 5.41 Å². The molecular formula is C55H39NO2. The van der Waals surface area contributed by atoms with Gasteiger partial charge in [0.1, 0.15) is 0 Å². The summed E-state index contributed by atoms with van der Waals surface area (Å²) in [6.07, 6.45) is 12.6. The fourth-order valence-corrected chi connectivity index (χ4v) is 10.3. The van der Waals surface area contributed by atoms with Crippen LogP contribution in [0.1, 0.15) is 35.1 Å². The summed E-state index contributed by atoms with van der Waals surface area (Å²) in [7, 11) is 0. The molecule has 0 bridgehead atoms. The largest absolute Gasteiger partial charge is 0.478 e. The maximum atomic E-state index is 7.34. The highest BCUT2D eigenvalue weighted by atomic mass is 16.6. The number of hydrogen-bond donors (Lipinski definition) is 0. The third kappa shape index (κ3) is 4.80. The van der Waals surface area contributed by atoms with E-state index >= 15 is 0 Å². The molecule has 3 heteroatoms. The molecule has 0 N–H and O–H groups in total. The molecule has 0 amide bonds. The smallest absolute Gasteiger partial charge is 0.179 e. The van der Waals surface area contributed by atoms with E-state index < -0.39 is 11.5 Å². The van der Waals surface area contributed by atoms with E-state index in [1.54, 1.807) is 0 Å². The van der Waals surface area contributed by atoms with Gasteiger partial charge in [-0.05, 0) is 117 Å². The molecule has 7 aromatic rings. The van der Waals surface area contributed by atoms with E-state index in [-0.39, 0.29) is 6.10 Å². The van der Waals surface area contributed by atoms with Gasteiger partial charge in [0.2, 0.25) is 0 Å². The summed E-state index contributed by atoms with van der Waals surface area (Å²) in [5.74, 6) is 1.55. The van der Waals surface area contributed by atoms with Gasteiger partial charge in [0, 0.05) is 11.3 Å². The van der Waals surface area contributed by atoms with Gasteiger partial charge in [-0.2, -0.15) is 0 Å². The molecule has 4 aliphatic carbocycles. The number of hydrogen-bond acceptors (Lipinski definition) is 3. The van der Waals surface area contributed by atoms with Crippen molar-refractivity contribution in [2.24, 2.45) is 0 Å². The Balaban J connectivity index is 1.01. The summed E-state index contributed by atoms with van der Waals surface area (Å²) in [6, 6.07) is 61.3. The van der Waals surface area contributed by atoms with Crippen molar-refractivity contribution in [3.05, 3.63) is 234 Å². The second-order valence-corrected chi connectivity index (χ2v) is 15.7. The Morgan fingerprint density at radius 1 is 0.534 bits per heavy atom. The van der Waals surface area contributed by atoms with E-state index in [1.165, 1.54) is 55.7 Å². The van der Waals surface area contributed by atoms with Crippen LogP contribution in [0.15, 0.2) is 212 Å². The Hall–Kier alpha value is -7.10. The molecule has 0 fully saturated rings. The zero-order chi connectivity index (χ0) is 38.2. The van der Waals surface area contributed by atoms with Crippen LogP contribution in [0.3, 0.4) is 0 Å². The Kier molecular flexibility index (Phi) is 7.40. The molecule has 0 aromatic heterocycles. The van der Waals surface area contributed by atoms with Gasteiger partial charge in [-0.15, -0.1) is 0 Å². The minimum Gasteiger partial charge on any atom is -0.478 e. The normalized spacial score (nSPS) is 20.2. The highest BCUT2D eigenvalue weighted by Crippen LogP contribution is 2.64. The molecule has 12 rings (SSSR count). The molecule has 1 aliphatic heterocycles. The van der Waals surface area contributed by atoms with Crippen LogP contribution in [0.4, 0.5) is 11.4 Å². The molecule has 2 unspecified atom stereocenters. The first-order chi connectivity index (χ1) is 28.8. The predicted molar refractivity (Wildman–Crippen MR) is 235 cm³/mol. The number of rotatable bonds is 5. The van der Waals surface area contributed by atoms with Crippen molar-refractivity contribution in [1.82, 2.24) is 0 Å². The highest BCUT2D eigenvalue weighted by Gasteiger charge is 2.53. The van der Waals surface area contributed by atoms with E-state index in [2.05, 4.69) is 205 Å². The van der Waals surface area contributed by atoms with Crippen LogP contribution in [0.2, 0.25) is 0 Å². The van der Waals surface area contributed by atoms with Gasteiger partial charge in [0.15, 0.2) is 23.7 Å². The van der Waals surface area contributed by atoms with E-state index in [1.807, 2.05) is 0 Å². The zero-order valence-electron chi connectivity index (χ0n) is 31.9. The number of para-hydroxylation sites is 1. The molecule has 0 saturated carbocycles. The van der Waals surface area contributed by atoms with Crippen molar-refractivity contribution in [2.45, 2.75) is 30.5 Å². The van der Waals surface area contributed by atoms with Gasteiger partial charge >= 0.3 is 0 Å². The Morgan fingerprint density at radius 2 is 1.17 bits per heavy atom. The first-order valence-corrected chi connectivity index (χ1v) is 20.4. The van der Waals surface area contributed by atoms with E-state index in [4.69, 9.17) is 9.47 Å². The summed E-state index contributed by atoms with van der Waals surface area (Å²) in [6.45, 7) is 0. The minimum atomic E-state index is -0.420.